The molecule has 0 saturated heterocycles. The highest BCUT2D eigenvalue weighted by Crippen LogP contribution is 2.08. The van der Waals surface area contributed by atoms with Gasteiger partial charge in [0.2, 0.25) is 3.57 Å². The Morgan fingerprint density at radius 3 is 2.50 bits per heavy atom. The van der Waals surface area contributed by atoms with Crippen molar-refractivity contribution in [3.8, 4) is 0 Å². The van der Waals surface area contributed by atoms with Gasteiger partial charge in [-0.15, -0.1) is 0 Å². The number of benzene rings is 2. The molecule has 0 aliphatic rings. The van der Waals surface area contributed by atoms with E-state index < -0.39 is 0 Å². The normalized spacial score (nSPS) is 10.4. The Morgan fingerprint density at radius 2 is 1.85 bits per heavy atom. The van der Waals surface area contributed by atoms with Gasteiger partial charge in [0.15, 0.2) is 3.57 Å². The summed E-state index contributed by atoms with van der Waals surface area (Å²) in [7, 11) is 0. The summed E-state index contributed by atoms with van der Waals surface area (Å²) in [6, 6.07) is 15.7. The van der Waals surface area contributed by atoms with Crippen molar-refractivity contribution in [2.45, 2.75) is 26.2 Å². The number of unbranched alkanes of at least 4 members (excludes halogenated alkanes) is 1. The Balaban J connectivity index is 2.06. The third-order valence-electron chi connectivity index (χ3n) is 2.97. The van der Waals surface area contributed by atoms with Crippen LogP contribution in [0.15, 0.2) is 48.5 Å². The Bertz CT molecular complexity index is 581. The number of hydrogen-bond acceptors (Lipinski definition) is 2. The van der Waals surface area contributed by atoms with E-state index in [-0.39, 0.29) is 31.8 Å². The monoisotopic (exact) mass is 382 g/mol. The maximum absolute atomic E-state index is 10.8. The zero-order valence-electron chi connectivity index (χ0n) is 11.4. The molecule has 20 heavy (non-hydrogen) atoms. The van der Waals surface area contributed by atoms with Crippen LogP contribution in [0.25, 0.3) is 0 Å². The van der Waals surface area contributed by atoms with Gasteiger partial charge in [-0.05, 0) is 36.6 Å². The molecule has 0 radical (unpaired) electrons. The molecular formula is C16H17INO2+. The summed E-state index contributed by atoms with van der Waals surface area (Å²) in [6.45, 7) is 2.20. The molecule has 0 unspecified atom stereocenters. The number of nitro benzene ring substituents is 1. The summed E-state index contributed by atoms with van der Waals surface area (Å²) in [4.78, 5) is 10.4. The highest BCUT2D eigenvalue weighted by Gasteiger charge is 2.18. The molecule has 0 amide bonds. The van der Waals surface area contributed by atoms with Crippen molar-refractivity contribution in [1.82, 2.24) is 0 Å². The molecule has 0 spiro atoms. The largest absolute Gasteiger partial charge is 0.358 e. The third-order valence-corrected chi connectivity index (χ3v) is 5.61. The number of aryl methyl sites for hydroxylation is 1. The van der Waals surface area contributed by atoms with E-state index in [9.17, 15) is 10.1 Å². The van der Waals surface area contributed by atoms with E-state index in [0.29, 0.717) is 0 Å². The van der Waals surface area contributed by atoms with Crippen molar-refractivity contribution in [3.05, 3.63) is 71.3 Å². The van der Waals surface area contributed by atoms with Gasteiger partial charge in [-0.25, -0.2) is 0 Å². The molecule has 0 aliphatic heterocycles. The van der Waals surface area contributed by atoms with E-state index in [4.69, 9.17) is 0 Å². The Morgan fingerprint density at radius 1 is 1.10 bits per heavy atom. The molecule has 104 valence electrons. The van der Waals surface area contributed by atoms with Crippen LogP contribution < -0.4 is 21.2 Å². The minimum atomic E-state index is -0.344. The van der Waals surface area contributed by atoms with E-state index in [1.54, 1.807) is 18.2 Å². The molecule has 0 atom stereocenters. The van der Waals surface area contributed by atoms with E-state index in [2.05, 4.69) is 31.2 Å². The van der Waals surface area contributed by atoms with Gasteiger partial charge in [0.05, 0.1) is 11.0 Å². The van der Waals surface area contributed by atoms with Gasteiger partial charge in [0, 0.05) is 6.07 Å². The average molecular weight is 382 g/mol. The highest BCUT2D eigenvalue weighted by molar-refractivity contribution is 5.28. The van der Waals surface area contributed by atoms with Crippen LogP contribution in [0, 0.1) is 17.3 Å². The molecule has 0 saturated carbocycles. The topological polar surface area (TPSA) is 43.1 Å². The van der Waals surface area contributed by atoms with Crippen molar-refractivity contribution < 1.29 is 26.1 Å². The van der Waals surface area contributed by atoms with E-state index >= 15 is 0 Å². The second-order valence-electron chi connectivity index (χ2n) is 4.56. The Labute approximate surface area is 129 Å². The summed E-state index contributed by atoms with van der Waals surface area (Å²) in [5, 5.41) is 10.8. The van der Waals surface area contributed by atoms with Crippen molar-refractivity contribution in [2.24, 2.45) is 0 Å². The van der Waals surface area contributed by atoms with Gasteiger partial charge in [0.25, 0.3) is 5.69 Å². The fourth-order valence-corrected chi connectivity index (χ4v) is 4.17. The number of rotatable bonds is 6. The molecule has 2 aromatic carbocycles. The van der Waals surface area contributed by atoms with Gasteiger partial charge in [-0.3, -0.25) is 10.1 Å². The van der Waals surface area contributed by atoms with Crippen molar-refractivity contribution in [1.29, 1.82) is 0 Å². The van der Waals surface area contributed by atoms with E-state index in [0.717, 1.165) is 9.99 Å². The van der Waals surface area contributed by atoms with Gasteiger partial charge in [-0.2, -0.15) is 0 Å². The number of nitrogens with zero attached hydrogens (tertiary/aromatic N) is 1. The lowest BCUT2D eigenvalue weighted by Gasteiger charge is -1.97. The predicted molar refractivity (Wildman–Crippen MR) is 75.5 cm³/mol. The summed E-state index contributed by atoms with van der Waals surface area (Å²) < 4.78 is 2.38. The molecule has 0 heterocycles. The SMILES string of the molecule is CCCCc1ccc([I+]c2cccc([N+](=O)[O-])c2)cc1. The number of hydrogen-bond donors (Lipinski definition) is 0. The summed E-state index contributed by atoms with van der Waals surface area (Å²) in [6.07, 6.45) is 3.56. The second kappa shape index (κ2) is 7.38. The lowest BCUT2D eigenvalue weighted by Crippen LogP contribution is -3.61. The van der Waals surface area contributed by atoms with Crippen LogP contribution in [0.2, 0.25) is 0 Å². The maximum atomic E-state index is 10.8. The van der Waals surface area contributed by atoms with Crippen LogP contribution in [0.3, 0.4) is 0 Å². The van der Waals surface area contributed by atoms with Crippen molar-refractivity contribution in [2.75, 3.05) is 0 Å². The van der Waals surface area contributed by atoms with Gasteiger partial charge < -0.3 is 0 Å². The Hall–Kier alpha value is -1.43. The first-order chi connectivity index (χ1) is 9.69. The summed E-state index contributed by atoms with van der Waals surface area (Å²) in [5.74, 6) is 0. The predicted octanol–water partition coefficient (Wildman–Crippen LogP) is 1.07. The fourth-order valence-electron chi connectivity index (χ4n) is 1.87. The molecule has 0 aliphatic carbocycles. The van der Waals surface area contributed by atoms with Crippen LogP contribution in [-0.4, -0.2) is 4.92 Å². The molecule has 0 fully saturated rings. The molecule has 2 aromatic rings. The van der Waals surface area contributed by atoms with Crippen LogP contribution in [-0.2, 0) is 6.42 Å². The molecule has 0 bridgehead atoms. The fraction of sp³-hybridized carbons (Fsp3) is 0.250. The maximum Gasteiger partial charge on any atom is 0.358 e. The first kappa shape index (κ1) is 15.0. The summed E-state index contributed by atoms with van der Waals surface area (Å²) in [5.41, 5.74) is 1.56. The molecular weight excluding hydrogens is 365 g/mol. The van der Waals surface area contributed by atoms with E-state index in [1.807, 2.05) is 6.07 Å². The highest BCUT2D eigenvalue weighted by atomic mass is 127. The molecule has 2 rings (SSSR count). The van der Waals surface area contributed by atoms with Gasteiger partial charge >= 0.3 is 21.2 Å². The molecule has 0 N–H and O–H groups in total. The van der Waals surface area contributed by atoms with Crippen molar-refractivity contribution in [3.63, 3.8) is 0 Å². The zero-order valence-corrected chi connectivity index (χ0v) is 13.5. The number of nitro groups is 1. The molecule has 3 nitrogen and oxygen atoms in total. The van der Waals surface area contributed by atoms with Crippen molar-refractivity contribution >= 4 is 5.69 Å². The Kier molecular flexibility index (Phi) is 5.52. The van der Waals surface area contributed by atoms with Crippen LogP contribution in [0.4, 0.5) is 5.69 Å². The molecule has 0 aromatic heterocycles. The lowest BCUT2D eigenvalue weighted by atomic mass is 10.1. The van der Waals surface area contributed by atoms with Crippen LogP contribution in [0.1, 0.15) is 25.3 Å². The minimum absolute atomic E-state index is 0.182. The standard InChI is InChI=1S/C16H17INO2/c1-2-3-5-13-8-10-14(11-9-13)17-15-6-4-7-16(12-15)18(19)20/h4,6-12H,2-3,5H2,1H3/q+1. The number of halogens is 1. The van der Waals surface area contributed by atoms with Crippen LogP contribution >= 0.6 is 0 Å². The summed E-state index contributed by atoms with van der Waals surface area (Å²) >= 11 is -0.344. The van der Waals surface area contributed by atoms with Crippen LogP contribution in [0.5, 0.6) is 0 Å². The quantitative estimate of drug-likeness (QED) is 0.426. The minimum Gasteiger partial charge on any atom is -0.258 e. The van der Waals surface area contributed by atoms with E-state index in [1.165, 1.54) is 22.0 Å². The second-order valence-corrected chi connectivity index (χ2v) is 7.59. The number of non-ortho nitro benzene ring substituents is 1. The van der Waals surface area contributed by atoms with Gasteiger partial charge in [0.1, 0.15) is 0 Å². The third kappa shape index (κ3) is 4.30. The van der Waals surface area contributed by atoms with Gasteiger partial charge in [-0.1, -0.05) is 31.5 Å². The zero-order chi connectivity index (χ0) is 14.4. The smallest absolute Gasteiger partial charge is 0.258 e. The lowest BCUT2D eigenvalue weighted by molar-refractivity contribution is -0.597. The molecule has 4 heteroatoms. The first-order valence-corrected chi connectivity index (χ1v) is 8.83. The first-order valence-electron chi connectivity index (χ1n) is 6.67. The average Bonchev–Trinajstić information content (AvgIpc) is 2.47.